The molecule has 2 aromatic carbocycles. The summed E-state index contributed by atoms with van der Waals surface area (Å²) in [5.41, 5.74) is 4.79. The molecule has 0 radical (unpaired) electrons. The number of rotatable bonds is 9. The maximum atomic E-state index is 12.4. The molecule has 0 aromatic heterocycles. The molecule has 1 amide bonds. The van der Waals surface area contributed by atoms with Gasteiger partial charge in [0.15, 0.2) is 6.10 Å². The minimum Gasteiger partial charge on any atom is -0.480 e. The van der Waals surface area contributed by atoms with Crippen LogP contribution in [0.4, 0.5) is 0 Å². The Bertz CT molecular complexity index is 730. The topological polar surface area (TPSA) is 38.3 Å². The summed E-state index contributed by atoms with van der Waals surface area (Å²) in [5.74, 6) is 2.61. The molecular formula is C22H29NO2S. The maximum absolute atomic E-state index is 12.4. The molecule has 0 spiro atoms. The predicted molar refractivity (Wildman–Crippen MR) is 111 cm³/mol. The van der Waals surface area contributed by atoms with Gasteiger partial charge in [-0.25, -0.2) is 0 Å². The molecule has 140 valence electrons. The second-order valence-electron chi connectivity index (χ2n) is 6.62. The molecule has 2 rings (SSSR count). The summed E-state index contributed by atoms with van der Waals surface area (Å²) in [6.45, 7) is 8.76. The summed E-state index contributed by atoms with van der Waals surface area (Å²) in [5, 5.41) is 3.00. The Labute approximate surface area is 161 Å². The van der Waals surface area contributed by atoms with Crippen molar-refractivity contribution in [2.75, 3.05) is 12.3 Å². The number of aryl methyl sites for hydroxylation is 3. The molecule has 0 aliphatic carbocycles. The summed E-state index contributed by atoms with van der Waals surface area (Å²) in [4.78, 5) is 12.4. The molecule has 0 bridgehead atoms. The molecule has 0 aliphatic heterocycles. The van der Waals surface area contributed by atoms with E-state index in [0.29, 0.717) is 13.0 Å². The zero-order valence-electron chi connectivity index (χ0n) is 16.2. The molecule has 1 N–H and O–H groups in total. The van der Waals surface area contributed by atoms with Crippen LogP contribution in [0.2, 0.25) is 0 Å². The highest BCUT2D eigenvalue weighted by Gasteiger charge is 2.18. The zero-order chi connectivity index (χ0) is 18.9. The molecule has 1 unspecified atom stereocenters. The lowest BCUT2D eigenvalue weighted by Crippen LogP contribution is -2.39. The van der Waals surface area contributed by atoms with Crippen molar-refractivity contribution >= 4 is 17.7 Å². The number of hydrogen-bond donors (Lipinski definition) is 1. The molecule has 0 heterocycles. The van der Waals surface area contributed by atoms with E-state index in [1.165, 1.54) is 11.1 Å². The fourth-order valence-electron chi connectivity index (χ4n) is 2.66. The van der Waals surface area contributed by atoms with Crippen LogP contribution in [0.15, 0.2) is 42.5 Å². The minimum absolute atomic E-state index is 0.0374. The van der Waals surface area contributed by atoms with Crippen LogP contribution in [0.5, 0.6) is 5.75 Å². The Morgan fingerprint density at radius 3 is 2.62 bits per heavy atom. The average molecular weight is 372 g/mol. The summed E-state index contributed by atoms with van der Waals surface area (Å²) in [6, 6.07) is 14.6. The van der Waals surface area contributed by atoms with Crippen molar-refractivity contribution in [3.63, 3.8) is 0 Å². The van der Waals surface area contributed by atoms with Crippen LogP contribution in [0.1, 0.15) is 35.6 Å². The van der Waals surface area contributed by atoms with Gasteiger partial charge < -0.3 is 10.1 Å². The number of nitrogens with one attached hydrogen (secondary N) is 1. The second kappa shape index (κ2) is 10.3. The van der Waals surface area contributed by atoms with Gasteiger partial charge in [-0.15, -0.1) is 0 Å². The van der Waals surface area contributed by atoms with Gasteiger partial charge in [-0.05, 0) is 49.9 Å². The lowest BCUT2D eigenvalue weighted by Gasteiger charge is -2.19. The molecule has 2 aromatic rings. The first-order valence-corrected chi connectivity index (χ1v) is 10.3. The fourth-order valence-corrected chi connectivity index (χ4v) is 3.47. The van der Waals surface area contributed by atoms with Crippen molar-refractivity contribution in [3.05, 3.63) is 64.7 Å². The van der Waals surface area contributed by atoms with Crippen LogP contribution in [0, 0.1) is 20.8 Å². The van der Waals surface area contributed by atoms with Crippen molar-refractivity contribution in [3.8, 4) is 5.75 Å². The third kappa shape index (κ3) is 6.41. The number of ether oxygens (including phenoxy) is 1. The smallest absolute Gasteiger partial charge is 0.261 e. The quantitative estimate of drug-likeness (QED) is 0.642. The molecule has 1 atom stereocenters. The van der Waals surface area contributed by atoms with E-state index in [2.05, 4.69) is 42.6 Å². The predicted octanol–water partition coefficient (Wildman–Crippen LogP) is 4.82. The standard InChI is InChI=1S/C22H29NO2S/c1-5-20(25-21-14-17(3)9-10-18(21)4)22(24)23-11-12-26-15-19-8-6-7-16(2)13-19/h6-10,13-14,20H,5,11-12,15H2,1-4H3,(H,23,24). The van der Waals surface area contributed by atoms with E-state index in [9.17, 15) is 4.79 Å². The first-order chi connectivity index (χ1) is 12.5. The SMILES string of the molecule is CCC(Oc1cc(C)ccc1C)C(=O)NCCSCc1cccc(C)c1. The molecule has 0 aliphatic rings. The molecule has 0 saturated carbocycles. The van der Waals surface area contributed by atoms with E-state index in [1.54, 1.807) is 0 Å². The Morgan fingerprint density at radius 2 is 1.88 bits per heavy atom. The first kappa shape index (κ1) is 20.4. The number of carbonyl (C=O) groups is 1. The van der Waals surface area contributed by atoms with Crippen LogP contribution in [0.3, 0.4) is 0 Å². The molecule has 4 heteroatoms. The monoisotopic (exact) mass is 371 g/mol. The summed E-state index contributed by atoms with van der Waals surface area (Å²) < 4.78 is 5.96. The van der Waals surface area contributed by atoms with Crippen molar-refractivity contribution in [2.45, 2.75) is 46.0 Å². The van der Waals surface area contributed by atoms with Crippen LogP contribution >= 0.6 is 11.8 Å². The van der Waals surface area contributed by atoms with Crippen molar-refractivity contribution < 1.29 is 9.53 Å². The van der Waals surface area contributed by atoms with Gasteiger partial charge in [0.2, 0.25) is 0 Å². The zero-order valence-corrected chi connectivity index (χ0v) is 17.0. The van der Waals surface area contributed by atoms with Crippen molar-refractivity contribution in [1.29, 1.82) is 0 Å². The maximum Gasteiger partial charge on any atom is 0.261 e. The molecule has 0 saturated heterocycles. The van der Waals surface area contributed by atoms with Crippen LogP contribution in [0.25, 0.3) is 0 Å². The number of benzene rings is 2. The molecule has 0 fully saturated rings. The minimum atomic E-state index is -0.447. The Hall–Kier alpha value is -1.94. The van der Waals surface area contributed by atoms with Gasteiger partial charge in [0.1, 0.15) is 5.75 Å². The van der Waals surface area contributed by atoms with Crippen molar-refractivity contribution in [2.24, 2.45) is 0 Å². The average Bonchev–Trinajstić information content (AvgIpc) is 2.62. The Kier molecular flexibility index (Phi) is 8.05. The van der Waals surface area contributed by atoms with E-state index in [-0.39, 0.29) is 5.91 Å². The normalized spacial score (nSPS) is 11.8. The Balaban J connectivity index is 1.75. The fraction of sp³-hybridized carbons (Fsp3) is 0.409. The first-order valence-electron chi connectivity index (χ1n) is 9.14. The van der Waals surface area contributed by atoms with Crippen molar-refractivity contribution in [1.82, 2.24) is 5.32 Å². The third-order valence-electron chi connectivity index (χ3n) is 4.17. The molecule has 3 nitrogen and oxygen atoms in total. The lowest BCUT2D eigenvalue weighted by molar-refractivity contribution is -0.128. The highest BCUT2D eigenvalue weighted by atomic mass is 32.2. The van der Waals surface area contributed by atoms with Crippen LogP contribution in [-0.4, -0.2) is 24.3 Å². The number of carbonyl (C=O) groups excluding carboxylic acids is 1. The van der Waals surface area contributed by atoms with Gasteiger partial charge in [-0.3, -0.25) is 4.79 Å². The molecular weight excluding hydrogens is 342 g/mol. The van der Waals surface area contributed by atoms with Gasteiger partial charge in [-0.2, -0.15) is 11.8 Å². The Morgan fingerprint density at radius 1 is 1.12 bits per heavy atom. The van der Waals surface area contributed by atoms with Crippen LogP contribution < -0.4 is 10.1 Å². The largest absolute Gasteiger partial charge is 0.480 e. The van der Waals surface area contributed by atoms with Gasteiger partial charge in [0.05, 0.1) is 0 Å². The van der Waals surface area contributed by atoms with E-state index < -0.39 is 6.10 Å². The highest BCUT2D eigenvalue weighted by molar-refractivity contribution is 7.98. The van der Waals surface area contributed by atoms with Gasteiger partial charge in [-0.1, -0.05) is 48.9 Å². The second-order valence-corrected chi connectivity index (χ2v) is 7.72. The number of hydrogen-bond acceptors (Lipinski definition) is 3. The summed E-state index contributed by atoms with van der Waals surface area (Å²) >= 11 is 1.83. The number of thioether (sulfide) groups is 1. The van der Waals surface area contributed by atoms with Gasteiger partial charge in [0.25, 0.3) is 5.91 Å². The summed E-state index contributed by atoms with van der Waals surface area (Å²) in [6.07, 6.45) is 0.201. The van der Waals surface area contributed by atoms with E-state index in [1.807, 2.05) is 44.7 Å². The summed E-state index contributed by atoms with van der Waals surface area (Å²) in [7, 11) is 0. The van der Waals surface area contributed by atoms with Gasteiger partial charge in [0, 0.05) is 18.1 Å². The number of amides is 1. The highest BCUT2D eigenvalue weighted by Crippen LogP contribution is 2.21. The third-order valence-corrected chi connectivity index (χ3v) is 5.20. The van der Waals surface area contributed by atoms with E-state index >= 15 is 0 Å². The molecule has 26 heavy (non-hydrogen) atoms. The lowest BCUT2D eigenvalue weighted by atomic mass is 10.1. The van der Waals surface area contributed by atoms with Crippen LogP contribution in [-0.2, 0) is 10.5 Å². The van der Waals surface area contributed by atoms with Gasteiger partial charge >= 0.3 is 0 Å². The van der Waals surface area contributed by atoms with E-state index in [0.717, 1.165) is 28.4 Å². The van der Waals surface area contributed by atoms with E-state index in [4.69, 9.17) is 4.74 Å².